The Balaban J connectivity index is -0.000000147. The van der Waals surface area contributed by atoms with E-state index in [1.54, 1.807) is 0 Å². The molecule has 9 N–H and O–H groups in total. The van der Waals surface area contributed by atoms with E-state index in [2.05, 4.69) is 38.1 Å². The Hall–Kier alpha value is -0.340. The lowest BCUT2D eigenvalue weighted by Crippen LogP contribution is -2.31. The number of benzene rings is 2. The Morgan fingerprint density at radius 3 is 1.17 bits per heavy atom. The number of nitrogens with two attached hydrogens (primary N) is 4. The molecule has 0 aliphatic carbocycles. The number of unbranched alkanes of at least 4 members (excludes halogenated alkanes) is 2. The van der Waals surface area contributed by atoms with Gasteiger partial charge in [-0.1, -0.05) is 87.4 Å². The normalized spacial score (nSPS) is 12.3. The summed E-state index contributed by atoms with van der Waals surface area (Å²) in [7, 11) is -3.67. The summed E-state index contributed by atoms with van der Waals surface area (Å²) in [6.07, 6.45) is 9.00. The minimum absolute atomic E-state index is 0. The van der Waals surface area contributed by atoms with Crippen LogP contribution >= 0.6 is 78.0 Å². The van der Waals surface area contributed by atoms with Crippen molar-refractivity contribution in [3.05, 3.63) is 71.8 Å². The van der Waals surface area contributed by atoms with Crippen LogP contribution in [-0.2, 0) is 32.5 Å². The minimum Gasteiger partial charge on any atom is -0.330 e. The topological polar surface area (TPSA) is 193 Å². The first-order valence-electron chi connectivity index (χ1n) is 15.2. The predicted molar refractivity (Wildman–Crippen MR) is 234 cm³/mol. The van der Waals surface area contributed by atoms with Gasteiger partial charge in [0.15, 0.2) is 0 Å². The SMILES string of the molecule is CS(=O)(=O)O.C[C@H](CC(=O)[C@@H](N)CCCCN)Cc1ccccc1.C[C@H](CC(=O)[C@@H](N)CCCCN)Cc1ccccc1.I.S.S.S.S. The van der Waals surface area contributed by atoms with Gasteiger partial charge in [0.2, 0.25) is 0 Å². The van der Waals surface area contributed by atoms with Gasteiger partial charge in [0.25, 0.3) is 10.1 Å². The van der Waals surface area contributed by atoms with E-state index in [-0.39, 0.29) is 102 Å². The molecule has 2 aromatic rings. The van der Waals surface area contributed by atoms with Crippen LogP contribution in [0.5, 0.6) is 0 Å². The van der Waals surface area contributed by atoms with Crippen molar-refractivity contribution in [2.45, 2.75) is 90.1 Å². The highest BCUT2D eigenvalue weighted by Gasteiger charge is 2.17. The van der Waals surface area contributed by atoms with Crippen molar-refractivity contribution in [2.24, 2.45) is 34.8 Å². The Morgan fingerprint density at radius 1 is 0.646 bits per heavy atom. The molecule has 0 bridgehead atoms. The van der Waals surface area contributed by atoms with Crippen LogP contribution in [0.1, 0.15) is 76.3 Å². The van der Waals surface area contributed by atoms with Gasteiger partial charge in [-0.05, 0) is 74.6 Å². The Kier molecular flexibility index (Phi) is 45.4. The number of hydrogen-bond acceptors (Lipinski definition) is 8. The van der Waals surface area contributed by atoms with E-state index in [1.807, 2.05) is 36.4 Å². The summed E-state index contributed by atoms with van der Waals surface area (Å²) in [4.78, 5) is 24.0. The van der Waals surface area contributed by atoms with Crippen LogP contribution in [0.2, 0.25) is 0 Å². The second-order valence-electron chi connectivity index (χ2n) is 11.4. The lowest BCUT2D eigenvalue weighted by molar-refractivity contribution is -0.122. The monoisotopic (exact) mass is 884 g/mol. The quantitative estimate of drug-likeness (QED) is 0.0767. The highest BCUT2D eigenvalue weighted by molar-refractivity contribution is 14.0. The van der Waals surface area contributed by atoms with Crippen LogP contribution in [0.4, 0.5) is 0 Å². The zero-order valence-corrected chi connectivity index (χ0v) is 35.9. The van der Waals surface area contributed by atoms with Crippen molar-refractivity contribution in [2.75, 3.05) is 19.3 Å². The second kappa shape index (κ2) is 36.5. The predicted octanol–water partition coefficient (Wildman–Crippen LogP) is 5.13. The molecular formula is C33H65IN4O5S5. The lowest BCUT2D eigenvalue weighted by atomic mass is 9.92. The van der Waals surface area contributed by atoms with E-state index >= 15 is 0 Å². The zero-order valence-electron chi connectivity index (χ0n) is 28.8. The van der Waals surface area contributed by atoms with Crippen LogP contribution in [0.3, 0.4) is 0 Å². The van der Waals surface area contributed by atoms with Gasteiger partial charge >= 0.3 is 0 Å². The van der Waals surface area contributed by atoms with Gasteiger partial charge in [0, 0.05) is 12.8 Å². The fourth-order valence-corrected chi connectivity index (χ4v) is 4.51. The third kappa shape index (κ3) is 36.9. The molecule has 0 fully saturated rings. The molecule has 0 aromatic heterocycles. The third-order valence-corrected chi connectivity index (χ3v) is 6.72. The minimum atomic E-state index is -3.67. The van der Waals surface area contributed by atoms with Gasteiger partial charge in [-0.2, -0.15) is 62.4 Å². The fourth-order valence-electron chi connectivity index (χ4n) is 4.51. The van der Waals surface area contributed by atoms with Gasteiger partial charge in [-0.25, -0.2) is 0 Å². The summed E-state index contributed by atoms with van der Waals surface area (Å²) < 4.78 is 25.9. The second-order valence-corrected chi connectivity index (χ2v) is 12.9. The van der Waals surface area contributed by atoms with Gasteiger partial charge in [0.05, 0.1) is 18.3 Å². The summed E-state index contributed by atoms with van der Waals surface area (Å²) in [6, 6.07) is 19.9. The maximum absolute atomic E-state index is 12.0. The molecule has 0 saturated carbocycles. The summed E-state index contributed by atoms with van der Waals surface area (Å²) in [5.74, 6) is 1.05. The average molecular weight is 885 g/mol. The van der Waals surface area contributed by atoms with E-state index in [0.29, 0.717) is 44.0 Å². The highest BCUT2D eigenvalue weighted by atomic mass is 127. The molecule has 0 unspecified atom stereocenters. The van der Waals surface area contributed by atoms with Crippen LogP contribution < -0.4 is 22.9 Å². The molecule has 48 heavy (non-hydrogen) atoms. The Bertz CT molecular complexity index is 1040. The maximum atomic E-state index is 12.0. The van der Waals surface area contributed by atoms with Crippen molar-refractivity contribution in [3.8, 4) is 0 Å². The fraction of sp³-hybridized carbons (Fsp3) is 0.576. The molecule has 4 atom stereocenters. The molecular weight excluding hydrogens is 820 g/mol. The molecule has 2 rings (SSSR count). The van der Waals surface area contributed by atoms with E-state index in [1.165, 1.54) is 11.1 Å². The number of carbonyl (C=O) groups is 2. The first-order valence-corrected chi connectivity index (χ1v) is 17.1. The van der Waals surface area contributed by atoms with Gasteiger partial charge in [-0.3, -0.25) is 14.1 Å². The van der Waals surface area contributed by atoms with Gasteiger partial charge in [0.1, 0.15) is 11.6 Å². The molecule has 9 nitrogen and oxygen atoms in total. The summed E-state index contributed by atoms with van der Waals surface area (Å²) in [5, 5.41) is 0. The van der Waals surface area contributed by atoms with Crippen molar-refractivity contribution >= 4 is 99.6 Å². The molecule has 0 radical (unpaired) electrons. The van der Waals surface area contributed by atoms with Crippen molar-refractivity contribution in [1.29, 1.82) is 0 Å². The average Bonchev–Trinajstić information content (AvgIpc) is 2.93. The van der Waals surface area contributed by atoms with Crippen LogP contribution in [-0.4, -0.2) is 56.0 Å². The molecule has 0 amide bonds. The summed E-state index contributed by atoms with van der Waals surface area (Å²) in [6.45, 7) is 5.56. The van der Waals surface area contributed by atoms with Crippen molar-refractivity contribution in [1.82, 2.24) is 0 Å². The van der Waals surface area contributed by atoms with Crippen LogP contribution in [0.15, 0.2) is 60.7 Å². The number of rotatable bonds is 18. The molecule has 0 aliphatic rings. The Morgan fingerprint density at radius 2 is 0.917 bits per heavy atom. The zero-order chi connectivity index (χ0) is 32.7. The van der Waals surface area contributed by atoms with Crippen molar-refractivity contribution in [3.63, 3.8) is 0 Å². The largest absolute Gasteiger partial charge is 0.330 e. The molecule has 2 aromatic carbocycles. The molecule has 0 saturated heterocycles. The van der Waals surface area contributed by atoms with E-state index in [9.17, 15) is 18.0 Å². The lowest BCUT2D eigenvalue weighted by Gasteiger charge is -2.14. The highest BCUT2D eigenvalue weighted by Crippen LogP contribution is 2.15. The number of Topliss-reactive ketones (excluding diaryl/α,β-unsaturated/α-hetero) is 2. The molecule has 0 spiro atoms. The number of halogens is 1. The first kappa shape index (κ1) is 59.8. The van der Waals surface area contributed by atoms with Gasteiger partial charge < -0.3 is 22.9 Å². The standard InChI is InChI=1S/2C16H26N2O.CH4O3S.HI.4H2S/c2*1-13(11-14-7-3-2-4-8-14)12-16(19)15(18)9-5-6-10-17;1-5(2,3)4;;;;;/h2*2-4,7-8,13,15H,5-6,9-12,17-18H2,1H3;1H3,(H,2,3,4);1H;4*1H2/t2*13-,15-;;;;;;/m00....../s1. The van der Waals surface area contributed by atoms with Crippen LogP contribution in [0, 0.1) is 11.8 Å². The molecule has 15 heteroatoms. The molecule has 0 heterocycles. The summed E-state index contributed by atoms with van der Waals surface area (Å²) in [5.41, 5.74) is 25.2. The van der Waals surface area contributed by atoms with E-state index in [4.69, 9.17) is 27.5 Å². The number of ketones is 2. The van der Waals surface area contributed by atoms with Crippen LogP contribution in [0.25, 0.3) is 0 Å². The smallest absolute Gasteiger partial charge is 0.261 e. The number of carbonyl (C=O) groups excluding carboxylic acids is 2. The molecule has 284 valence electrons. The first-order chi connectivity index (χ1) is 20.3. The van der Waals surface area contributed by atoms with E-state index in [0.717, 1.165) is 51.4 Å². The maximum Gasteiger partial charge on any atom is 0.261 e. The van der Waals surface area contributed by atoms with Crippen molar-refractivity contribution < 1.29 is 22.6 Å². The van der Waals surface area contributed by atoms with Gasteiger partial charge in [-0.15, -0.1) is 24.0 Å². The number of hydrogen-bond donors (Lipinski definition) is 5. The molecule has 0 aliphatic heterocycles. The third-order valence-electron chi connectivity index (χ3n) is 6.72. The Labute approximate surface area is 335 Å². The summed E-state index contributed by atoms with van der Waals surface area (Å²) >= 11 is 0. The van der Waals surface area contributed by atoms with E-state index < -0.39 is 10.1 Å².